The Morgan fingerprint density at radius 1 is 1.40 bits per heavy atom. The van der Waals surface area contributed by atoms with Crippen molar-refractivity contribution in [3.05, 3.63) is 34.9 Å². The summed E-state index contributed by atoms with van der Waals surface area (Å²) in [5, 5.41) is 10.8. The van der Waals surface area contributed by atoms with E-state index in [0.717, 1.165) is 0 Å². The zero-order valence-corrected chi connectivity index (χ0v) is 10.1. The molecular weight excluding hydrogens is 212 g/mol. The van der Waals surface area contributed by atoms with Crippen LogP contribution in [0.2, 0.25) is 5.02 Å². The highest BCUT2D eigenvalue weighted by atomic mass is 35.5. The maximum Gasteiger partial charge on any atom is 0.111 e. The number of halogens is 1. The Morgan fingerprint density at radius 2 is 2.00 bits per heavy atom. The number of rotatable bonds is 4. The number of benzene rings is 1. The van der Waals surface area contributed by atoms with Gasteiger partial charge in [0.1, 0.15) is 5.60 Å². The van der Waals surface area contributed by atoms with Gasteiger partial charge in [0.2, 0.25) is 0 Å². The molecule has 0 fully saturated rings. The van der Waals surface area contributed by atoms with E-state index in [1.807, 2.05) is 32.0 Å². The maximum atomic E-state index is 10.2. The van der Waals surface area contributed by atoms with Crippen LogP contribution < -0.4 is 0 Å². The minimum atomic E-state index is -1.04. The van der Waals surface area contributed by atoms with Crippen molar-refractivity contribution >= 4 is 11.6 Å². The highest BCUT2D eigenvalue weighted by Crippen LogP contribution is 2.28. The topological polar surface area (TPSA) is 29.5 Å². The maximum absolute atomic E-state index is 10.2. The molecule has 1 aromatic rings. The molecule has 0 aliphatic rings. The first-order chi connectivity index (χ1) is 6.93. The number of hydrogen-bond acceptors (Lipinski definition) is 2. The van der Waals surface area contributed by atoms with Gasteiger partial charge in [-0.25, -0.2) is 0 Å². The molecule has 15 heavy (non-hydrogen) atoms. The lowest BCUT2D eigenvalue weighted by Crippen LogP contribution is -2.29. The standard InChI is InChI=1S/C12H17ClO2/c1-9(2)15-8-12(3,14)10-6-4-5-7-11(10)13/h4-7,9,14H,8H2,1-3H3. The Kier molecular flexibility index (Phi) is 4.14. The van der Waals surface area contributed by atoms with E-state index < -0.39 is 5.60 Å². The van der Waals surface area contributed by atoms with Gasteiger partial charge in [0.15, 0.2) is 0 Å². The number of aliphatic hydroxyl groups is 1. The van der Waals surface area contributed by atoms with E-state index in [1.54, 1.807) is 13.0 Å². The first kappa shape index (κ1) is 12.5. The summed E-state index contributed by atoms with van der Waals surface area (Å²) in [7, 11) is 0. The second-order valence-corrected chi connectivity index (χ2v) is 4.52. The molecule has 0 radical (unpaired) electrons. The second kappa shape index (κ2) is 4.97. The smallest absolute Gasteiger partial charge is 0.111 e. The Labute approximate surface area is 95.8 Å². The van der Waals surface area contributed by atoms with E-state index in [-0.39, 0.29) is 12.7 Å². The Bertz CT molecular complexity index is 321. The summed E-state index contributed by atoms with van der Waals surface area (Å²) < 4.78 is 5.41. The zero-order valence-electron chi connectivity index (χ0n) is 9.33. The summed E-state index contributed by atoms with van der Waals surface area (Å²) in [6.07, 6.45) is 0.0963. The van der Waals surface area contributed by atoms with Crippen molar-refractivity contribution in [1.29, 1.82) is 0 Å². The fraction of sp³-hybridized carbons (Fsp3) is 0.500. The lowest BCUT2D eigenvalue weighted by Gasteiger charge is -2.25. The largest absolute Gasteiger partial charge is 0.383 e. The van der Waals surface area contributed by atoms with Gasteiger partial charge in [-0.1, -0.05) is 29.8 Å². The normalized spacial score (nSPS) is 15.3. The van der Waals surface area contributed by atoms with Crippen molar-refractivity contribution in [2.75, 3.05) is 6.61 Å². The van der Waals surface area contributed by atoms with E-state index in [2.05, 4.69) is 0 Å². The molecule has 0 saturated heterocycles. The molecule has 0 spiro atoms. The monoisotopic (exact) mass is 228 g/mol. The van der Waals surface area contributed by atoms with Crippen LogP contribution >= 0.6 is 11.6 Å². The highest BCUT2D eigenvalue weighted by Gasteiger charge is 2.26. The van der Waals surface area contributed by atoms with Crippen LogP contribution in [0.15, 0.2) is 24.3 Å². The minimum absolute atomic E-state index is 0.0963. The lowest BCUT2D eigenvalue weighted by atomic mass is 9.97. The van der Waals surface area contributed by atoms with Gasteiger partial charge in [-0.05, 0) is 26.8 Å². The van der Waals surface area contributed by atoms with Gasteiger partial charge in [0.25, 0.3) is 0 Å². The van der Waals surface area contributed by atoms with Crippen molar-refractivity contribution in [1.82, 2.24) is 0 Å². The van der Waals surface area contributed by atoms with Gasteiger partial charge in [0.05, 0.1) is 12.7 Å². The van der Waals surface area contributed by atoms with Crippen molar-refractivity contribution in [2.45, 2.75) is 32.5 Å². The molecule has 0 saturated carbocycles. The van der Waals surface area contributed by atoms with Crippen LogP contribution in [-0.4, -0.2) is 17.8 Å². The third-order valence-corrected chi connectivity index (χ3v) is 2.48. The van der Waals surface area contributed by atoms with Crippen LogP contribution in [0.4, 0.5) is 0 Å². The quantitative estimate of drug-likeness (QED) is 0.859. The summed E-state index contributed by atoms with van der Waals surface area (Å²) in [6.45, 7) is 5.82. The van der Waals surface area contributed by atoms with Crippen LogP contribution in [0.25, 0.3) is 0 Å². The minimum Gasteiger partial charge on any atom is -0.383 e. The van der Waals surface area contributed by atoms with E-state index in [9.17, 15) is 5.11 Å². The summed E-state index contributed by atoms with van der Waals surface area (Å²) in [6, 6.07) is 7.27. The third kappa shape index (κ3) is 3.49. The predicted molar refractivity (Wildman–Crippen MR) is 62.1 cm³/mol. The van der Waals surface area contributed by atoms with Crippen molar-refractivity contribution in [2.24, 2.45) is 0 Å². The Morgan fingerprint density at radius 3 is 2.53 bits per heavy atom. The fourth-order valence-corrected chi connectivity index (χ4v) is 1.64. The van der Waals surface area contributed by atoms with Crippen LogP contribution in [0.1, 0.15) is 26.3 Å². The van der Waals surface area contributed by atoms with Gasteiger partial charge in [0, 0.05) is 10.6 Å². The van der Waals surface area contributed by atoms with E-state index in [0.29, 0.717) is 10.6 Å². The van der Waals surface area contributed by atoms with E-state index in [1.165, 1.54) is 0 Å². The average Bonchev–Trinajstić information content (AvgIpc) is 2.15. The molecule has 0 aliphatic heterocycles. The summed E-state index contributed by atoms with van der Waals surface area (Å²) in [5.74, 6) is 0. The molecule has 0 bridgehead atoms. The molecule has 1 unspecified atom stereocenters. The number of hydrogen-bond donors (Lipinski definition) is 1. The van der Waals surface area contributed by atoms with Crippen LogP contribution in [-0.2, 0) is 10.3 Å². The van der Waals surface area contributed by atoms with Gasteiger partial charge < -0.3 is 9.84 Å². The molecule has 0 aromatic heterocycles. The summed E-state index contributed by atoms with van der Waals surface area (Å²) in [4.78, 5) is 0. The fourth-order valence-electron chi connectivity index (χ4n) is 1.30. The molecule has 1 atom stereocenters. The number of ether oxygens (including phenoxy) is 1. The molecule has 1 N–H and O–H groups in total. The predicted octanol–water partition coefficient (Wildman–Crippen LogP) is 2.97. The molecular formula is C12H17ClO2. The third-order valence-electron chi connectivity index (χ3n) is 2.15. The molecule has 2 nitrogen and oxygen atoms in total. The van der Waals surface area contributed by atoms with Crippen LogP contribution in [0.3, 0.4) is 0 Å². The molecule has 0 heterocycles. The molecule has 1 rings (SSSR count). The summed E-state index contributed by atoms with van der Waals surface area (Å²) >= 11 is 6.01. The lowest BCUT2D eigenvalue weighted by molar-refractivity contribution is -0.0574. The van der Waals surface area contributed by atoms with E-state index >= 15 is 0 Å². The Hall–Kier alpha value is -0.570. The Balaban J connectivity index is 2.81. The summed E-state index contributed by atoms with van der Waals surface area (Å²) in [5.41, 5.74) is -0.338. The molecule has 0 amide bonds. The first-order valence-electron chi connectivity index (χ1n) is 5.02. The molecule has 0 aliphatic carbocycles. The zero-order chi connectivity index (χ0) is 11.5. The SMILES string of the molecule is CC(C)OCC(C)(O)c1ccccc1Cl. The van der Waals surface area contributed by atoms with Gasteiger partial charge >= 0.3 is 0 Å². The second-order valence-electron chi connectivity index (χ2n) is 4.11. The van der Waals surface area contributed by atoms with E-state index in [4.69, 9.17) is 16.3 Å². The van der Waals surface area contributed by atoms with Crippen molar-refractivity contribution in [3.8, 4) is 0 Å². The van der Waals surface area contributed by atoms with Crippen LogP contribution in [0, 0.1) is 0 Å². The van der Waals surface area contributed by atoms with Gasteiger partial charge in [-0.15, -0.1) is 0 Å². The first-order valence-corrected chi connectivity index (χ1v) is 5.40. The van der Waals surface area contributed by atoms with Gasteiger partial charge in [-0.3, -0.25) is 0 Å². The molecule has 3 heteroatoms. The molecule has 84 valence electrons. The van der Waals surface area contributed by atoms with Crippen LogP contribution in [0.5, 0.6) is 0 Å². The average molecular weight is 229 g/mol. The van der Waals surface area contributed by atoms with Crippen molar-refractivity contribution < 1.29 is 9.84 Å². The van der Waals surface area contributed by atoms with Crippen molar-refractivity contribution in [3.63, 3.8) is 0 Å². The molecule has 1 aromatic carbocycles. The highest BCUT2D eigenvalue weighted by molar-refractivity contribution is 6.31. The van der Waals surface area contributed by atoms with Gasteiger partial charge in [-0.2, -0.15) is 0 Å².